The third-order valence-electron chi connectivity index (χ3n) is 7.34. The van der Waals surface area contributed by atoms with Crippen molar-refractivity contribution < 1.29 is 54.4 Å². The van der Waals surface area contributed by atoms with Gasteiger partial charge in [0.25, 0.3) is 0 Å². The number of carbonyl (C=O) groups is 1. The standard InChI is InChI=1S/C24H46N4O11/c1-3-27-9-16-18(32)14(30)7-17(37-16)38-20-11(26)6-12(28-22(34)13(29)4-5-25)21(19(20)33)39-23-15(31)8-24(2,35)10-36-23/h11-21,23,27,29-33,35H,3-10,25-26H2,1-2H3,(H,28,34)/t11?,12?,13?,14?,15?,16?,17-,18+,19?,20-,21+,23?,24-/m1/s1. The number of rotatable bonds is 11. The molecule has 0 spiro atoms. The van der Waals surface area contributed by atoms with E-state index in [4.69, 9.17) is 30.4 Å². The normalized spacial score (nSPS) is 44.1. The average Bonchev–Trinajstić information content (AvgIpc) is 2.86. The van der Waals surface area contributed by atoms with Crippen molar-refractivity contribution in [2.24, 2.45) is 11.5 Å². The molecule has 0 aromatic heterocycles. The first-order valence-corrected chi connectivity index (χ1v) is 13.5. The first kappa shape index (κ1) is 32.5. The molecule has 13 atom stereocenters. The summed E-state index contributed by atoms with van der Waals surface area (Å²) in [6.45, 7) is 4.22. The van der Waals surface area contributed by atoms with Gasteiger partial charge in [-0.2, -0.15) is 0 Å². The molecule has 0 aromatic carbocycles. The van der Waals surface area contributed by atoms with Gasteiger partial charge in [0.1, 0.15) is 42.7 Å². The van der Waals surface area contributed by atoms with Gasteiger partial charge in [0.15, 0.2) is 12.6 Å². The minimum Gasteiger partial charge on any atom is -0.390 e. The van der Waals surface area contributed by atoms with Crippen LogP contribution in [0.5, 0.6) is 0 Å². The molecule has 0 aromatic rings. The van der Waals surface area contributed by atoms with Crippen LogP contribution < -0.4 is 22.1 Å². The Labute approximate surface area is 227 Å². The SMILES string of the molecule is CCNCC1O[C@H](O[C@@H]2C(N)CC(NC(=O)C(O)CCN)[C@H](OC3OC[C@](C)(O)CC3O)C2O)CC(O)[C@@H]1O. The lowest BCUT2D eigenvalue weighted by molar-refractivity contribution is -0.308. The average molecular weight is 567 g/mol. The summed E-state index contributed by atoms with van der Waals surface area (Å²) in [6, 6.07) is -1.75. The third-order valence-corrected chi connectivity index (χ3v) is 7.34. The predicted octanol–water partition coefficient (Wildman–Crippen LogP) is -4.65. The molecule has 0 radical (unpaired) electrons. The van der Waals surface area contributed by atoms with Crippen molar-refractivity contribution in [1.29, 1.82) is 0 Å². The fourth-order valence-electron chi connectivity index (χ4n) is 5.20. The Balaban J connectivity index is 1.76. The number of aliphatic hydroxyl groups excluding tert-OH is 5. The summed E-state index contributed by atoms with van der Waals surface area (Å²) in [4.78, 5) is 12.6. The van der Waals surface area contributed by atoms with Gasteiger partial charge in [-0.3, -0.25) is 4.79 Å². The molecule has 2 heterocycles. The number of nitrogens with one attached hydrogen (secondary N) is 2. The van der Waals surface area contributed by atoms with Crippen LogP contribution in [0.15, 0.2) is 0 Å². The summed E-state index contributed by atoms with van der Waals surface area (Å²) in [7, 11) is 0. The molecule has 0 bridgehead atoms. The summed E-state index contributed by atoms with van der Waals surface area (Å²) in [5, 5.41) is 68.5. The van der Waals surface area contributed by atoms with E-state index in [-0.39, 0.29) is 45.4 Å². The summed E-state index contributed by atoms with van der Waals surface area (Å²) in [5.41, 5.74) is 10.5. The molecule has 12 N–H and O–H groups in total. The van der Waals surface area contributed by atoms with Gasteiger partial charge in [0.2, 0.25) is 5.91 Å². The largest absolute Gasteiger partial charge is 0.390 e. The van der Waals surface area contributed by atoms with Gasteiger partial charge in [-0.1, -0.05) is 6.92 Å². The van der Waals surface area contributed by atoms with Gasteiger partial charge in [0.05, 0.1) is 24.4 Å². The first-order chi connectivity index (χ1) is 18.4. The van der Waals surface area contributed by atoms with E-state index >= 15 is 0 Å². The molecule has 1 aliphatic carbocycles. The van der Waals surface area contributed by atoms with Crippen molar-refractivity contribution in [1.82, 2.24) is 10.6 Å². The Kier molecular flexibility index (Phi) is 11.8. The third kappa shape index (κ3) is 8.48. The molecule has 3 aliphatic rings. The predicted molar refractivity (Wildman–Crippen MR) is 135 cm³/mol. The number of amides is 1. The van der Waals surface area contributed by atoms with E-state index in [1.807, 2.05) is 6.92 Å². The number of ether oxygens (including phenoxy) is 4. The molecular weight excluding hydrogens is 520 g/mol. The van der Waals surface area contributed by atoms with Crippen molar-refractivity contribution in [2.75, 3.05) is 26.2 Å². The fraction of sp³-hybridized carbons (Fsp3) is 0.958. The highest BCUT2D eigenvalue weighted by molar-refractivity contribution is 5.80. The van der Waals surface area contributed by atoms with E-state index in [2.05, 4.69) is 10.6 Å². The Morgan fingerprint density at radius 1 is 1.13 bits per heavy atom. The zero-order chi connectivity index (χ0) is 28.9. The van der Waals surface area contributed by atoms with E-state index in [1.165, 1.54) is 6.92 Å². The van der Waals surface area contributed by atoms with Crippen LogP contribution in [0.4, 0.5) is 0 Å². The molecule has 2 aliphatic heterocycles. The van der Waals surface area contributed by atoms with Gasteiger partial charge in [-0.25, -0.2) is 0 Å². The Morgan fingerprint density at radius 2 is 1.85 bits per heavy atom. The highest BCUT2D eigenvalue weighted by atomic mass is 16.7. The molecule has 15 heteroatoms. The topological polar surface area (TPSA) is 251 Å². The van der Waals surface area contributed by atoms with E-state index in [1.54, 1.807) is 0 Å². The van der Waals surface area contributed by atoms with Crippen LogP contribution in [-0.4, -0.2) is 142 Å². The van der Waals surface area contributed by atoms with Crippen LogP contribution in [0.2, 0.25) is 0 Å². The van der Waals surface area contributed by atoms with E-state index in [0.29, 0.717) is 6.54 Å². The van der Waals surface area contributed by atoms with Crippen molar-refractivity contribution in [2.45, 2.75) is 119 Å². The number of hydrogen-bond acceptors (Lipinski definition) is 14. The molecule has 1 amide bonds. The Hall–Kier alpha value is -1.05. The minimum atomic E-state index is -1.47. The van der Waals surface area contributed by atoms with E-state index in [9.17, 15) is 35.4 Å². The van der Waals surface area contributed by atoms with Gasteiger partial charge < -0.3 is 71.7 Å². The highest BCUT2D eigenvalue weighted by Crippen LogP contribution is 2.32. The second-order valence-corrected chi connectivity index (χ2v) is 11.0. The van der Waals surface area contributed by atoms with Gasteiger partial charge in [0, 0.05) is 25.4 Å². The van der Waals surface area contributed by atoms with Crippen LogP contribution in [0.1, 0.15) is 39.5 Å². The maximum absolute atomic E-state index is 12.6. The molecule has 1 saturated carbocycles. The van der Waals surface area contributed by atoms with Crippen molar-refractivity contribution >= 4 is 5.91 Å². The zero-order valence-electron chi connectivity index (χ0n) is 22.5. The second kappa shape index (κ2) is 14.2. The Morgan fingerprint density at radius 3 is 2.49 bits per heavy atom. The zero-order valence-corrected chi connectivity index (χ0v) is 22.5. The number of likely N-dealkylation sites (N-methyl/N-ethyl adjacent to an activating group) is 1. The fourth-order valence-corrected chi connectivity index (χ4v) is 5.20. The van der Waals surface area contributed by atoms with Crippen LogP contribution >= 0.6 is 0 Å². The first-order valence-electron chi connectivity index (χ1n) is 13.5. The number of nitrogens with two attached hydrogens (primary N) is 2. The molecule has 228 valence electrons. The monoisotopic (exact) mass is 566 g/mol. The molecule has 2 saturated heterocycles. The van der Waals surface area contributed by atoms with Crippen molar-refractivity contribution in [3.05, 3.63) is 0 Å². The highest BCUT2D eigenvalue weighted by Gasteiger charge is 2.50. The van der Waals surface area contributed by atoms with Crippen LogP contribution in [0.25, 0.3) is 0 Å². The molecule has 8 unspecified atom stereocenters. The molecule has 15 nitrogen and oxygen atoms in total. The van der Waals surface area contributed by atoms with Gasteiger partial charge >= 0.3 is 0 Å². The molecule has 39 heavy (non-hydrogen) atoms. The van der Waals surface area contributed by atoms with Crippen molar-refractivity contribution in [3.63, 3.8) is 0 Å². The number of hydrogen-bond donors (Lipinski definition) is 10. The number of aliphatic hydroxyl groups is 6. The summed E-state index contributed by atoms with van der Waals surface area (Å²) >= 11 is 0. The quantitative estimate of drug-likeness (QED) is 0.113. The molecule has 3 fully saturated rings. The lowest BCUT2D eigenvalue weighted by Crippen LogP contribution is -2.67. The molecule has 3 rings (SSSR count). The van der Waals surface area contributed by atoms with Crippen molar-refractivity contribution in [3.8, 4) is 0 Å². The van der Waals surface area contributed by atoms with E-state index in [0.717, 1.165) is 0 Å². The summed E-state index contributed by atoms with van der Waals surface area (Å²) in [5.74, 6) is -0.732. The van der Waals surface area contributed by atoms with Gasteiger partial charge in [-0.05, 0) is 32.9 Å². The summed E-state index contributed by atoms with van der Waals surface area (Å²) < 4.78 is 23.3. The maximum Gasteiger partial charge on any atom is 0.249 e. The van der Waals surface area contributed by atoms with Crippen LogP contribution in [-0.2, 0) is 23.7 Å². The minimum absolute atomic E-state index is 0.0191. The van der Waals surface area contributed by atoms with Gasteiger partial charge in [-0.15, -0.1) is 0 Å². The lowest BCUT2D eigenvalue weighted by Gasteiger charge is -2.47. The molecular formula is C24H46N4O11. The summed E-state index contributed by atoms with van der Waals surface area (Å²) in [6.07, 6.45) is -11.7. The van der Waals surface area contributed by atoms with E-state index < -0.39 is 85.0 Å². The lowest BCUT2D eigenvalue weighted by atomic mass is 9.83. The smallest absolute Gasteiger partial charge is 0.249 e. The number of carbonyl (C=O) groups excluding carboxylic acids is 1. The maximum atomic E-state index is 12.6. The second-order valence-electron chi connectivity index (χ2n) is 11.0. The van der Waals surface area contributed by atoms with Crippen LogP contribution in [0, 0.1) is 0 Å². The van der Waals surface area contributed by atoms with Crippen LogP contribution in [0.3, 0.4) is 0 Å². The Bertz CT molecular complexity index is 780.